The fourth-order valence-electron chi connectivity index (χ4n) is 4.22. The smallest absolute Gasteiger partial charge is 0.335 e. The third kappa shape index (κ3) is 5.38. The first-order chi connectivity index (χ1) is 17.1. The third-order valence-corrected chi connectivity index (χ3v) is 8.24. The van der Waals surface area contributed by atoms with Crippen LogP contribution in [0.5, 0.6) is 0 Å². The summed E-state index contributed by atoms with van der Waals surface area (Å²) in [7, 11) is -2.58. The van der Waals surface area contributed by atoms with Crippen molar-refractivity contribution >= 4 is 56.9 Å². The number of thiol groups is 1. The highest BCUT2D eigenvalue weighted by atomic mass is 32.2. The van der Waals surface area contributed by atoms with E-state index in [1.807, 2.05) is 24.3 Å². The standard InChI is InChI=1S/C25H25N3O6S2/c1-27(15-23(29)26-19-8-4-7-18(11-19)25(31)32)24(30)22-13-20(35)14-28(22)36(33,34)21-10-9-16-5-2-3-6-17(16)12-21/h2-12,20,22,35H,13-15H2,1H3,(H,26,29)(H,31,32). The van der Waals surface area contributed by atoms with Gasteiger partial charge < -0.3 is 15.3 Å². The molecule has 9 nitrogen and oxygen atoms in total. The summed E-state index contributed by atoms with van der Waals surface area (Å²) >= 11 is 4.44. The number of anilines is 1. The molecule has 2 atom stereocenters. The quantitative estimate of drug-likeness (QED) is 0.406. The van der Waals surface area contributed by atoms with E-state index >= 15 is 0 Å². The Morgan fingerprint density at radius 3 is 2.50 bits per heavy atom. The van der Waals surface area contributed by atoms with Crippen LogP contribution in [0.15, 0.2) is 71.6 Å². The van der Waals surface area contributed by atoms with Gasteiger partial charge in [-0.25, -0.2) is 13.2 Å². The van der Waals surface area contributed by atoms with E-state index in [1.54, 1.807) is 12.1 Å². The second kappa shape index (κ2) is 10.3. The average Bonchev–Trinajstić information content (AvgIpc) is 3.25. The summed E-state index contributed by atoms with van der Waals surface area (Å²) in [6, 6.07) is 17.0. The lowest BCUT2D eigenvalue weighted by molar-refractivity contribution is -0.136. The number of carbonyl (C=O) groups excluding carboxylic acids is 2. The molecule has 1 saturated heterocycles. The number of carboxylic acid groups (broad SMARTS) is 1. The molecule has 4 rings (SSSR count). The summed E-state index contributed by atoms with van der Waals surface area (Å²) in [6.07, 6.45) is 0.210. The van der Waals surface area contributed by atoms with Crippen molar-refractivity contribution in [3.05, 3.63) is 72.3 Å². The van der Waals surface area contributed by atoms with Crippen LogP contribution < -0.4 is 5.32 Å². The van der Waals surface area contributed by atoms with E-state index in [-0.39, 0.29) is 40.9 Å². The minimum atomic E-state index is -4.00. The van der Waals surface area contributed by atoms with Crippen molar-refractivity contribution in [2.75, 3.05) is 25.5 Å². The molecular formula is C25H25N3O6S2. The van der Waals surface area contributed by atoms with Gasteiger partial charge in [0.1, 0.15) is 6.04 Å². The Kier molecular flexibility index (Phi) is 7.34. The van der Waals surface area contributed by atoms with Gasteiger partial charge in [-0.15, -0.1) is 0 Å². The summed E-state index contributed by atoms with van der Waals surface area (Å²) in [5, 5.41) is 13.0. The first-order valence-corrected chi connectivity index (χ1v) is 13.1. The van der Waals surface area contributed by atoms with Crippen molar-refractivity contribution in [1.82, 2.24) is 9.21 Å². The lowest BCUT2D eigenvalue weighted by Crippen LogP contribution is -2.48. The maximum atomic E-state index is 13.5. The molecule has 0 bridgehead atoms. The molecule has 3 aromatic rings. The van der Waals surface area contributed by atoms with Crippen LogP contribution in [0.4, 0.5) is 5.69 Å². The second-order valence-electron chi connectivity index (χ2n) is 8.62. The molecule has 188 valence electrons. The number of carboxylic acids is 1. The Labute approximate surface area is 214 Å². The molecule has 1 heterocycles. The van der Waals surface area contributed by atoms with Crippen LogP contribution in [-0.4, -0.2) is 71.9 Å². The van der Waals surface area contributed by atoms with Crippen molar-refractivity contribution < 1.29 is 27.9 Å². The number of sulfonamides is 1. The first-order valence-electron chi connectivity index (χ1n) is 11.1. The zero-order chi connectivity index (χ0) is 26.0. The number of amides is 2. The molecule has 2 N–H and O–H groups in total. The number of nitrogens with zero attached hydrogens (tertiary/aromatic N) is 2. The van der Waals surface area contributed by atoms with Gasteiger partial charge in [0.05, 0.1) is 17.0 Å². The van der Waals surface area contributed by atoms with E-state index in [2.05, 4.69) is 17.9 Å². The number of fused-ring (bicyclic) bond motifs is 1. The summed E-state index contributed by atoms with van der Waals surface area (Å²) in [6.45, 7) is -0.273. The highest BCUT2D eigenvalue weighted by Crippen LogP contribution is 2.31. The van der Waals surface area contributed by atoms with E-state index in [0.717, 1.165) is 20.0 Å². The Balaban J connectivity index is 1.49. The maximum absolute atomic E-state index is 13.5. The molecule has 1 aliphatic rings. The molecule has 2 amide bonds. The van der Waals surface area contributed by atoms with Crippen molar-refractivity contribution in [2.24, 2.45) is 0 Å². The molecule has 11 heteroatoms. The topological polar surface area (TPSA) is 124 Å². The average molecular weight is 528 g/mol. The van der Waals surface area contributed by atoms with Gasteiger partial charge in [-0.05, 0) is 47.5 Å². The van der Waals surface area contributed by atoms with E-state index in [1.165, 1.54) is 37.4 Å². The van der Waals surface area contributed by atoms with Crippen LogP contribution in [-0.2, 0) is 19.6 Å². The molecule has 0 radical (unpaired) electrons. The van der Waals surface area contributed by atoms with Crippen molar-refractivity contribution in [1.29, 1.82) is 0 Å². The Bertz CT molecular complexity index is 1440. The van der Waals surface area contributed by atoms with Gasteiger partial charge in [0.25, 0.3) is 0 Å². The highest BCUT2D eigenvalue weighted by molar-refractivity contribution is 7.89. The van der Waals surface area contributed by atoms with Gasteiger partial charge >= 0.3 is 5.97 Å². The van der Waals surface area contributed by atoms with Gasteiger partial charge in [0.15, 0.2) is 0 Å². The number of likely N-dealkylation sites (N-methyl/N-ethyl adjacent to an activating group) is 1. The number of carbonyl (C=O) groups is 3. The Hall–Kier alpha value is -3.41. The predicted molar refractivity (Wildman–Crippen MR) is 139 cm³/mol. The van der Waals surface area contributed by atoms with Crippen molar-refractivity contribution in [3.63, 3.8) is 0 Å². The lowest BCUT2D eigenvalue weighted by Gasteiger charge is -2.27. The predicted octanol–water partition coefficient (Wildman–Crippen LogP) is 2.70. The van der Waals surface area contributed by atoms with Crippen LogP contribution in [0.2, 0.25) is 0 Å². The first kappa shape index (κ1) is 25.7. The molecule has 0 spiro atoms. The number of aromatic carboxylic acids is 1. The van der Waals surface area contributed by atoms with Crippen LogP contribution in [0.3, 0.4) is 0 Å². The van der Waals surface area contributed by atoms with E-state index in [0.29, 0.717) is 0 Å². The number of hydrogen-bond acceptors (Lipinski definition) is 6. The minimum absolute atomic E-state index is 0.0116. The normalized spacial score (nSPS) is 18.2. The zero-order valence-corrected chi connectivity index (χ0v) is 21.1. The Morgan fingerprint density at radius 2 is 1.78 bits per heavy atom. The second-order valence-corrected chi connectivity index (χ2v) is 11.2. The molecule has 1 aliphatic heterocycles. The fraction of sp³-hybridized carbons (Fsp3) is 0.240. The Morgan fingerprint density at radius 1 is 1.06 bits per heavy atom. The number of benzene rings is 3. The summed E-state index contributed by atoms with van der Waals surface area (Å²) in [4.78, 5) is 38.1. The van der Waals surface area contributed by atoms with E-state index < -0.39 is 33.8 Å². The van der Waals surface area contributed by atoms with E-state index in [9.17, 15) is 22.8 Å². The lowest BCUT2D eigenvalue weighted by atomic mass is 10.1. The monoisotopic (exact) mass is 527 g/mol. The van der Waals surface area contributed by atoms with Crippen LogP contribution in [0.1, 0.15) is 16.8 Å². The summed E-state index contributed by atoms with van der Waals surface area (Å²) in [5.41, 5.74) is 0.287. The third-order valence-electron chi connectivity index (χ3n) is 6.00. The van der Waals surface area contributed by atoms with E-state index in [4.69, 9.17) is 5.11 Å². The van der Waals surface area contributed by atoms with Gasteiger partial charge in [0.2, 0.25) is 21.8 Å². The molecule has 0 saturated carbocycles. The highest BCUT2D eigenvalue weighted by Gasteiger charge is 2.44. The van der Waals surface area contributed by atoms with Gasteiger partial charge in [0, 0.05) is 24.5 Å². The van der Waals surface area contributed by atoms with Crippen molar-refractivity contribution in [3.8, 4) is 0 Å². The SMILES string of the molecule is CN(CC(=O)Nc1cccc(C(=O)O)c1)C(=O)C1CC(S)CN1S(=O)(=O)c1ccc2ccccc2c1. The molecule has 36 heavy (non-hydrogen) atoms. The molecule has 0 aromatic heterocycles. The molecule has 1 fully saturated rings. The summed E-state index contributed by atoms with van der Waals surface area (Å²) < 4.78 is 28.2. The fourth-order valence-corrected chi connectivity index (χ4v) is 6.38. The van der Waals surface area contributed by atoms with Gasteiger partial charge in [-0.1, -0.05) is 36.4 Å². The molecule has 3 aromatic carbocycles. The maximum Gasteiger partial charge on any atom is 0.335 e. The zero-order valence-electron chi connectivity index (χ0n) is 19.4. The largest absolute Gasteiger partial charge is 0.478 e. The number of rotatable bonds is 7. The van der Waals surface area contributed by atoms with Gasteiger partial charge in [-0.2, -0.15) is 16.9 Å². The van der Waals surface area contributed by atoms with Crippen LogP contribution >= 0.6 is 12.6 Å². The van der Waals surface area contributed by atoms with Crippen molar-refractivity contribution in [2.45, 2.75) is 22.6 Å². The number of hydrogen-bond donors (Lipinski definition) is 3. The molecule has 2 unspecified atom stereocenters. The van der Waals surface area contributed by atoms with Crippen LogP contribution in [0, 0.1) is 0 Å². The number of nitrogens with one attached hydrogen (secondary N) is 1. The molecular weight excluding hydrogens is 502 g/mol. The minimum Gasteiger partial charge on any atom is -0.478 e. The van der Waals surface area contributed by atoms with Crippen LogP contribution in [0.25, 0.3) is 10.8 Å². The van der Waals surface area contributed by atoms with Gasteiger partial charge in [-0.3, -0.25) is 9.59 Å². The summed E-state index contributed by atoms with van der Waals surface area (Å²) in [5.74, 6) is -2.20. The molecule has 0 aliphatic carbocycles.